The van der Waals surface area contributed by atoms with E-state index in [1.54, 1.807) is 31.2 Å². The fourth-order valence-corrected chi connectivity index (χ4v) is 3.17. The second-order valence-electron chi connectivity index (χ2n) is 5.33. The maximum absolute atomic E-state index is 12.3. The largest absolute Gasteiger partial charge is 0.507 e. The summed E-state index contributed by atoms with van der Waals surface area (Å²) in [6, 6.07) is 11.1. The van der Waals surface area contributed by atoms with Crippen LogP contribution in [-0.2, 0) is 10.0 Å². The zero-order valence-corrected chi connectivity index (χ0v) is 15.0. The maximum Gasteiger partial charge on any atom is 0.276 e. The molecule has 0 aliphatic heterocycles. The highest BCUT2D eigenvalue weighted by Gasteiger charge is 2.15. The molecule has 0 aliphatic rings. The molecule has 0 saturated heterocycles. The fourth-order valence-electron chi connectivity index (χ4n) is 2.15. The zero-order valence-electron chi connectivity index (χ0n) is 13.5. The second kappa shape index (κ2) is 7.68. The first-order valence-corrected chi connectivity index (χ1v) is 9.34. The first-order valence-electron chi connectivity index (χ1n) is 7.48. The monoisotopic (exact) mass is 366 g/mol. The third-order valence-corrected chi connectivity index (χ3v) is 5.06. The van der Waals surface area contributed by atoms with Crippen molar-refractivity contribution in [2.45, 2.75) is 31.6 Å². The molecule has 24 heavy (non-hydrogen) atoms. The molecule has 0 amide bonds. The van der Waals surface area contributed by atoms with Crippen molar-refractivity contribution >= 4 is 27.3 Å². The van der Waals surface area contributed by atoms with Crippen LogP contribution in [0.15, 0.2) is 52.5 Å². The van der Waals surface area contributed by atoms with Crippen LogP contribution in [0.2, 0.25) is 5.02 Å². The highest BCUT2D eigenvalue weighted by molar-refractivity contribution is 7.89. The number of rotatable bonds is 6. The Balaban J connectivity index is 2.38. The van der Waals surface area contributed by atoms with Gasteiger partial charge in [0, 0.05) is 10.6 Å². The van der Waals surface area contributed by atoms with Gasteiger partial charge in [-0.3, -0.25) is 0 Å². The van der Waals surface area contributed by atoms with Crippen LogP contribution < -0.4 is 4.83 Å². The number of aromatic hydroxyl groups is 1. The molecule has 0 atom stereocenters. The van der Waals surface area contributed by atoms with Gasteiger partial charge in [-0.05, 0) is 43.2 Å². The lowest BCUT2D eigenvalue weighted by atomic mass is 10.0. The van der Waals surface area contributed by atoms with E-state index in [4.69, 9.17) is 11.6 Å². The van der Waals surface area contributed by atoms with E-state index in [1.165, 1.54) is 18.2 Å². The molecule has 7 heteroatoms. The molecule has 2 aromatic carbocycles. The number of benzene rings is 2. The lowest BCUT2D eigenvalue weighted by Crippen LogP contribution is -2.20. The Kier molecular flexibility index (Phi) is 5.85. The molecular weight excluding hydrogens is 348 g/mol. The highest BCUT2D eigenvalue weighted by Crippen LogP contribution is 2.27. The van der Waals surface area contributed by atoms with Gasteiger partial charge in [-0.2, -0.15) is 18.4 Å². The van der Waals surface area contributed by atoms with E-state index >= 15 is 0 Å². The van der Waals surface area contributed by atoms with E-state index in [2.05, 4.69) is 9.93 Å². The number of phenols is 1. The Morgan fingerprint density at radius 1 is 1.25 bits per heavy atom. The summed E-state index contributed by atoms with van der Waals surface area (Å²) >= 11 is 6.11. The lowest BCUT2D eigenvalue weighted by Gasteiger charge is -2.11. The molecule has 0 bridgehead atoms. The lowest BCUT2D eigenvalue weighted by molar-refractivity contribution is 0.473. The van der Waals surface area contributed by atoms with Crippen molar-refractivity contribution < 1.29 is 13.5 Å². The first-order chi connectivity index (χ1) is 11.3. The minimum Gasteiger partial charge on any atom is -0.507 e. The molecule has 0 aliphatic carbocycles. The fraction of sp³-hybridized carbons (Fsp3) is 0.235. The molecule has 0 spiro atoms. The minimum absolute atomic E-state index is 0.0167. The number of halogens is 1. The van der Waals surface area contributed by atoms with Crippen LogP contribution >= 0.6 is 11.6 Å². The number of hydrogen-bond donors (Lipinski definition) is 2. The Hall–Kier alpha value is -2.05. The summed E-state index contributed by atoms with van der Waals surface area (Å²) in [6.45, 7) is 3.72. The van der Waals surface area contributed by atoms with Crippen molar-refractivity contribution in [2.24, 2.45) is 5.10 Å². The summed E-state index contributed by atoms with van der Waals surface area (Å²) < 4.78 is 24.5. The van der Waals surface area contributed by atoms with Crippen LogP contribution in [0.3, 0.4) is 0 Å². The van der Waals surface area contributed by atoms with Crippen LogP contribution in [0.25, 0.3) is 0 Å². The van der Waals surface area contributed by atoms with E-state index in [9.17, 15) is 13.5 Å². The van der Waals surface area contributed by atoms with Crippen molar-refractivity contribution in [2.75, 3.05) is 0 Å². The Morgan fingerprint density at radius 3 is 2.54 bits per heavy atom. The van der Waals surface area contributed by atoms with Gasteiger partial charge >= 0.3 is 0 Å². The van der Waals surface area contributed by atoms with Crippen LogP contribution in [0, 0.1) is 6.92 Å². The van der Waals surface area contributed by atoms with Crippen molar-refractivity contribution in [3.63, 3.8) is 0 Å². The SMILES string of the molecule is CCCC(=NNS(=O)(=O)c1ccccc1)c1cc(Cl)c(C)cc1O. The second-order valence-corrected chi connectivity index (χ2v) is 7.40. The Labute approximate surface area is 147 Å². The number of aryl methyl sites for hydroxylation is 1. The molecule has 5 nitrogen and oxygen atoms in total. The Bertz CT molecular complexity index is 850. The van der Waals surface area contributed by atoms with Gasteiger partial charge < -0.3 is 5.11 Å². The molecule has 0 aromatic heterocycles. The molecule has 0 unspecified atom stereocenters. The van der Waals surface area contributed by atoms with E-state index in [1.807, 2.05) is 6.92 Å². The van der Waals surface area contributed by atoms with Crippen molar-refractivity contribution in [1.82, 2.24) is 4.83 Å². The van der Waals surface area contributed by atoms with E-state index in [-0.39, 0.29) is 10.6 Å². The molecule has 0 heterocycles. The third kappa shape index (κ3) is 4.27. The van der Waals surface area contributed by atoms with Gasteiger partial charge in [0.25, 0.3) is 10.0 Å². The quantitative estimate of drug-likeness (QED) is 0.602. The molecule has 2 N–H and O–H groups in total. The van der Waals surface area contributed by atoms with Gasteiger partial charge in [-0.15, -0.1) is 0 Å². The molecule has 0 saturated carbocycles. The van der Waals surface area contributed by atoms with Crippen LogP contribution in [-0.4, -0.2) is 19.2 Å². The number of nitrogens with zero attached hydrogens (tertiary/aromatic N) is 1. The number of phenolic OH excluding ortho intramolecular Hbond substituents is 1. The van der Waals surface area contributed by atoms with Crippen LogP contribution in [0.1, 0.15) is 30.9 Å². The number of nitrogens with one attached hydrogen (secondary N) is 1. The molecule has 128 valence electrons. The van der Waals surface area contributed by atoms with Crippen molar-refractivity contribution in [3.05, 3.63) is 58.6 Å². The van der Waals surface area contributed by atoms with Gasteiger partial charge in [0.05, 0.1) is 10.6 Å². The Morgan fingerprint density at radius 2 is 1.92 bits per heavy atom. The maximum atomic E-state index is 12.3. The van der Waals surface area contributed by atoms with Crippen LogP contribution in [0.5, 0.6) is 5.75 Å². The molecule has 2 rings (SSSR count). The summed E-state index contributed by atoms with van der Waals surface area (Å²) in [5.41, 5.74) is 1.58. The molecular formula is C17H19ClN2O3S. The summed E-state index contributed by atoms with van der Waals surface area (Å²) in [4.78, 5) is 2.35. The molecule has 0 radical (unpaired) electrons. The third-order valence-electron chi connectivity index (χ3n) is 3.43. The number of hydrogen-bond acceptors (Lipinski definition) is 4. The van der Waals surface area contributed by atoms with E-state index in [0.29, 0.717) is 22.7 Å². The van der Waals surface area contributed by atoms with Gasteiger partial charge in [0.15, 0.2) is 0 Å². The average molecular weight is 367 g/mol. The highest BCUT2D eigenvalue weighted by atomic mass is 35.5. The topological polar surface area (TPSA) is 78.8 Å². The smallest absolute Gasteiger partial charge is 0.276 e. The average Bonchev–Trinajstić information content (AvgIpc) is 2.56. The number of sulfonamides is 1. The predicted octanol–water partition coefficient (Wildman–Crippen LogP) is 3.84. The van der Waals surface area contributed by atoms with Crippen molar-refractivity contribution in [1.29, 1.82) is 0 Å². The van der Waals surface area contributed by atoms with Gasteiger partial charge in [0.1, 0.15) is 5.75 Å². The zero-order chi connectivity index (χ0) is 17.7. The summed E-state index contributed by atoms with van der Waals surface area (Å²) in [6.07, 6.45) is 1.22. The van der Waals surface area contributed by atoms with Crippen LogP contribution in [0.4, 0.5) is 0 Å². The van der Waals surface area contributed by atoms with Crippen molar-refractivity contribution in [3.8, 4) is 5.75 Å². The van der Waals surface area contributed by atoms with E-state index < -0.39 is 10.0 Å². The van der Waals surface area contributed by atoms with Gasteiger partial charge in [0.2, 0.25) is 0 Å². The molecule has 2 aromatic rings. The van der Waals surface area contributed by atoms with Gasteiger partial charge in [-0.25, -0.2) is 0 Å². The summed E-state index contributed by atoms with van der Waals surface area (Å²) in [5, 5.41) is 14.6. The minimum atomic E-state index is -3.76. The normalized spacial score (nSPS) is 12.2. The summed E-state index contributed by atoms with van der Waals surface area (Å²) in [5.74, 6) is 0.0167. The first kappa shape index (κ1) is 18.3. The molecule has 0 fully saturated rings. The predicted molar refractivity (Wildman–Crippen MR) is 96.1 cm³/mol. The number of hydrazone groups is 1. The van der Waals surface area contributed by atoms with E-state index in [0.717, 1.165) is 12.0 Å². The summed E-state index contributed by atoms with van der Waals surface area (Å²) in [7, 11) is -3.76. The van der Waals surface area contributed by atoms with Gasteiger partial charge in [-0.1, -0.05) is 43.1 Å². The standard InChI is InChI=1S/C17H19ClN2O3S/c1-3-7-16(14-11-15(18)12(2)10-17(14)21)19-20-24(22,23)13-8-5-4-6-9-13/h4-6,8-11,20-21H,3,7H2,1-2H3.